The lowest BCUT2D eigenvalue weighted by Crippen LogP contribution is -2.22. The van der Waals surface area contributed by atoms with Gasteiger partial charge in [0.25, 0.3) is 0 Å². The molecule has 0 aliphatic rings. The number of hydrogen-bond acceptors (Lipinski definition) is 5. The summed E-state index contributed by atoms with van der Waals surface area (Å²) in [6.07, 6.45) is -0.493. The van der Waals surface area contributed by atoms with E-state index in [1.165, 1.54) is 18.4 Å². The predicted octanol–water partition coefficient (Wildman–Crippen LogP) is 3.75. The Balaban J connectivity index is 2.01. The van der Waals surface area contributed by atoms with Crippen molar-refractivity contribution in [2.75, 3.05) is 31.3 Å². The van der Waals surface area contributed by atoms with E-state index in [0.29, 0.717) is 18.8 Å². The van der Waals surface area contributed by atoms with Crippen molar-refractivity contribution in [3.8, 4) is 0 Å². The maximum absolute atomic E-state index is 12.3. The molecule has 8 heteroatoms. The normalized spacial score (nSPS) is 11.5. The van der Waals surface area contributed by atoms with Gasteiger partial charge in [0, 0.05) is 32.0 Å². The number of anilines is 2. The summed E-state index contributed by atoms with van der Waals surface area (Å²) in [6.45, 7) is 4.74. The Hall–Kier alpha value is -2.58. The maximum atomic E-state index is 12.3. The van der Waals surface area contributed by atoms with Crippen molar-refractivity contribution in [3.63, 3.8) is 0 Å². The fourth-order valence-electron chi connectivity index (χ4n) is 2.33. The van der Waals surface area contributed by atoms with Crippen molar-refractivity contribution in [1.82, 2.24) is 4.31 Å². The van der Waals surface area contributed by atoms with E-state index < -0.39 is 16.1 Å². The highest BCUT2D eigenvalue weighted by atomic mass is 32.2. The molecule has 0 heterocycles. The quantitative estimate of drug-likeness (QED) is 0.698. The summed E-state index contributed by atoms with van der Waals surface area (Å²) < 4.78 is 30.8. The third-order valence-corrected chi connectivity index (χ3v) is 5.64. The highest BCUT2D eigenvalue weighted by molar-refractivity contribution is 7.89. The largest absolute Gasteiger partial charge is 0.449 e. The lowest BCUT2D eigenvalue weighted by atomic mass is 10.2. The number of nitrogens with one attached hydrogen (secondary N) is 2. The van der Waals surface area contributed by atoms with Crippen molar-refractivity contribution < 1.29 is 17.9 Å². The van der Waals surface area contributed by atoms with E-state index in [1.807, 2.05) is 32.0 Å². The molecule has 0 aromatic heterocycles. The van der Waals surface area contributed by atoms with Gasteiger partial charge < -0.3 is 10.1 Å². The molecule has 2 aromatic carbocycles. The number of carbonyl (C=O) groups excluding carboxylic acids is 1. The molecular weight excluding hydrogens is 378 g/mol. The third kappa shape index (κ3) is 6.24. The molecule has 28 heavy (non-hydrogen) atoms. The van der Waals surface area contributed by atoms with Gasteiger partial charge in [0.15, 0.2) is 0 Å². The van der Waals surface area contributed by atoms with Gasteiger partial charge in [-0.25, -0.2) is 17.5 Å². The Labute approximate surface area is 166 Å². The molecule has 0 unspecified atom stereocenters. The van der Waals surface area contributed by atoms with E-state index >= 15 is 0 Å². The van der Waals surface area contributed by atoms with Gasteiger partial charge in [0.05, 0.1) is 11.5 Å². The van der Waals surface area contributed by atoms with Crippen LogP contribution in [-0.4, -0.2) is 39.5 Å². The zero-order chi connectivity index (χ0) is 20.7. The monoisotopic (exact) mass is 405 g/mol. The average Bonchev–Trinajstić information content (AvgIpc) is 2.65. The summed E-state index contributed by atoms with van der Waals surface area (Å²) in [4.78, 5) is 12.0. The van der Waals surface area contributed by atoms with E-state index in [1.54, 1.807) is 30.3 Å². The molecule has 1 amide bonds. The molecule has 0 aliphatic heterocycles. The van der Waals surface area contributed by atoms with Crippen LogP contribution in [0.3, 0.4) is 0 Å². The van der Waals surface area contributed by atoms with E-state index in [-0.39, 0.29) is 10.8 Å². The minimum atomic E-state index is -3.47. The summed E-state index contributed by atoms with van der Waals surface area (Å²) in [6, 6.07) is 14.0. The van der Waals surface area contributed by atoms with Crippen molar-refractivity contribution in [1.29, 1.82) is 0 Å². The minimum Gasteiger partial charge on any atom is -0.449 e. The maximum Gasteiger partial charge on any atom is 0.411 e. The Kier molecular flexibility index (Phi) is 7.42. The first kappa shape index (κ1) is 21.7. The third-order valence-electron chi connectivity index (χ3n) is 3.83. The molecule has 0 atom stereocenters. The van der Waals surface area contributed by atoms with Gasteiger partial charge in [-0.1, -0.05) is 32.0 Å². The van der Waals surface area contributed by atoms with Gasteiger partial charge in [-0.15, -0.1) is 0 Å². The Morgan fingerprint density at radius 2 is 1.75 bits per heavy atom. The lowest BCUT2D eigenvalue weighted by Gasteiger charge is -2.13. The second kappa shape index (κ2) is 9.57. The van der Waals surface area contributed by atoms with Gasteiger partial charge in [-0.2, -0.15) is 0 Å². The second-order valence-corrected chi connectivity index (χ2v) is 9.14. The van der Waals surface area contributed by atoms with Crippen LogP contribution in [0.15, 0.2) is 53.4 Å². The molecule has 0 spiro atoms. The number of ether oxygens (including phenoxy) is 1. The van der Waals surface area contributed by atoms with E-state index in [2.05, 4.69) is 10.6 Å². The van der Waals surface area contributed by atoms with Crippen molar-refractivity contribution in [3.05, 3.63) is 54.1 Å². The summed E-state index contributed by atoms with van der Waals surface area (Å²) in [5, 5.41) is 5.92. The highest BCUT2D eigenvalue weighted by Crippen LogP contribution is 2.18. The molecule has 2 N–H and O–H groups in total. The summed E-state index contributed by atoms with van der Waals surface area (Å²) in [5.41, 5.74) is 2.24. The van der Waals surface area contributed by atoms with E-state index in [9.17, 15) is 13.2 Å². The molecule has 0 saturated heterocycles. The molecule has 0 bridgehead atoms. The average molecular weight is 406 g/mol. The zero-order valence-electron chi connectivity index (χ0n) is 16.6. The Morgan fingerprint density at radius 3 is 2.43 bits per heavy atom. The molecular formula is C20H27N3O4S. The molecule has 0 saturated carbocycles. The van der Waals surface area contributed by atoms with Crippen molar-refractivity contribution in [2.24, 2.45) is 5.92 Å². The van der Waals surface area contributed by atoms with Crippen LogP contribution in [-0.2, 0) is 21.3 Å². The van der Waals surface area contributed by atoms with Crippen LogP contribution in [0.1, 0.15) is 19.4 Å². The SMILES string of the molecule is CC(C)COC(=O)Nc1cccc(NCc2cccc(S(=O)(=O)N(C)C)c2)c1. The van der Waals surface area contributed by atoms with Crippen molar-refractivity contribution >= 4 is 27.5 Å². The number of rotatable bonds is 8. The summed E-state index contributed by atoms with van der Waals surface area (Å²) >= 11 is 0. The number of carbonyl (C=O) groups is 1. The number of sulfonamides is 1. The Morgan fingerprint density at radius 1 is 1.07 bits per heavy atom. The first-order valence-corrected chi connectivity index (χ1v) is 10.4. The minimum absolute atomic E-state index is 0.250. The highest BCUT2D eigenvalue weighted by Gasteiger charge is 2.17. The van der Waals surface area contributed by atoms with Crippen molar-refractivity contribution in [2.45, 2.75) is 25.3 Å². The standard InChI is InChI=1S/C20H27N3O4S/c1-15(2)14-27-20(24)22-18-9-6-8-17(12-18)21-13-16-7-5-10-19(11-16)28(25,26)23(3)4/h5-12,15,21H,13-14H2,1-4H3,(H,22,24). The van der Waals surface area contributed by atoms with E-state index in [0.717, 1.165) is 11.3 Å². The van der Waals surface area contributed by atoms with Crippen LogP contribution < -0.4 is 10.6 Å². The van der Waals surface area contributed by atoms with Gasteiger partial charge in [0.1, 0.15) is 0 Å². The molecule has 0 aliphatic carbocycles. The fraction of sp³-hybridized carbons (Fsp3) is 0.350. The predicted molar refractivity (Wildman–Crippen MR) is 111 cm³/mol. The van der Waals surface area contributed by atoms with Crippen LogP contribution in [0.5, 0.6) is 0 Å². The fourth-order valence-corrected chi connectivity index (χ4v) is 3.31. The molecule has 2 rings (SSSR count). The van der Waals surface area contributed by atoms with Gasteiger partial charge >= 0.3 is 6.09 Å². The van der Waals surface area contributed by atoms with Crippen LogP contribution >= 0.6 is 0 Å². The first-order valence-electron chi connectivity index (χ1n) is 8.97. The van der Waals surface area contributed by atoms with Crippen LogP contribution in [0.2, 0.25) is 0 Å². The number of nitrogens with zero attached hydrogens (tertiary/aromatic N) is 1. The summed E-state index contributed by atoms with van der Waals surface area (Å²) in [7, 11) is -0.460. The van der Waals surface area contributed by atoms with Crippen LogP contribution in [0.25, 0.3) is 0 Å². The lowest BCUT2D eigenvalue weighted by molar-refractivity contribution is 0.147. The second-order valence-electron chi connectivity index (χ2n) is 6.99. The van der Waals surface area contributed by atoms with E-state index in [4.69, 9.17) is 4.74 Å². The van der Waals surface area contributed by atoms with Gasteiger partial charge in [-0.3, -0.25) is 5.32 Å². The number of hydrogen-bond donors (Lipinski definition) is 2. The van der Waals surface area contributed by atoms with Gasteiger partial charge in [0.2, 0.25) is 10.0 Å². The molecule has 7 nitrogen and oxygen atoms in total. The topological polar surface area (TPSA) is 87.7 Å². The molecule has 152 valence electrons. The van der Waals surface area contributed by atoms with Crippen LogP contribution in [0.4, 0.5) is 16.2 Å². The smallest absolute Gasteiger partial charge is 0.411 e. The Bertz CT molecular complexity index is 911. The molecule has 0 radical (unpaired) electrons. The molecule has 0 fully saturated rings. The zero-order valence-corrected chi connectivity index (χ0v) is 17.4. The van der Waals surface area contributed by atoms with Gasteiger partial charge in [-0.05, 0) is 41.8 Å². The molecule has 2 aromatic rings. The number of benzene rings is 2. The summed E-state index contributed by atoms with van der Waals surface area (Å²) in [5.74, 6) is 0.269. The number of amides is 1. The first-order chi connectivity index (χ1) is 13.2. The van der Waals surface area contributed by atoms with Crippen LogP contribution in [0, 0.1) is 5.92 Å².